The van der Waals surface area contributed by atoms with Crippen molar-refractivity contribution >= 4 is 24.2 Å². The van der Waals surface area contributed by atoms with Gasteiger partial charge in [0.15, 0.2) is 5.41 Å². The van der Waals surface area contributed by atoms with Crippen molar-refractivity contribution < 1.29 is 33.4 Å². The van der Waals surface area contributed by atoms with Crippen LogP contribution in [0, 0.1) is 11.3 Å². The summed E-state index contributed by atoms with van der Waals surface area (Å²) in [5, 5.41) is 0. The van der Waals surface area contributed by atoms with E-state index < -0.39 is 23.3 Å². The number of hydrogen-bond donors (Lipinski definition) is 0. The van der Waals surface area contributed by atoms with Crippen molar-refractivity contribution in [2.45, 2.75) is 33.1 Å². The summed E-state index contributed by atoms with van der Waals surface area (Å²) in [7, 11) is 2.37. The van der Waals surface area contributed by atoms with Crippen LogP contribution in [0.4, 0.5) is 0 Å². The minimum Gasteiger partial charge on any atom is -0.468 e. The molecule has 0 aromatic rings. The second-order valence-electron chi connectivity index (χ2n) is 5.22. The predicted octanol–water partition coefficient (Wildman–Crippen LogP) is 1.15. The van der Waals surface area contributed by atoms with E-state index in [4.69, 9.17) is 14.2 Å². The van der Waals surface area contributed by atoms with E-state index in [0.717, 1.165) is 0 Å². The third-order valence-corrected chi connectivity index (χ3v) is 3.86. The van der Waals surface area contributed by atoms with Gasteiger partial charge in [-0.25, -0.2) is 0 Å². The zero-order valence-electron chi connectivity index (χ0n) is 13.1. The SMILES string of the molecule is COC(=O)C1(C(=O)OC)C/C(=C(/C)OC(C)=O)C(CC=O)C1. The number of ether oxygens (including phenoxy) is 3. The van der Waals surface area contributed by atoms with Crippen molar-refractivity contribution in [1.82, 2.24) is 0 Å². The Bertz CT molecular complexity index is 502. The first-order chi connectivity index (χ1) is 10.3. The standard InChI is InChI=1S/C15H20O7/c1-9(22-10(2)17)12-8-15(13(18)20-3,14(19)21-4)7-11(12)5-6-16/h6,11H,5,7-8H2,1-4H3/b12-9+. The van der Waals surface area contributed by atoms with Crippen LogP contribution in [0.15, 0.2) is 11.3 Å². The fraction of sp³-hybridized carbons (Fsp3) is 0.600. The molecule has 1 unspecified atom stereocenters. The Morgan fingerprint density at radius 1 is 1.18 bits per heavy atom. The van der Waals surface area contributed by atoms with Gasteiger partial charge in [-0.3, -0.25) is 14.4 Å². The number of esters is 3. The molecule has 1 atom stereocenters. The first-order valence-electron chi connectivity index (χ1n) is 6.81. The molecule has 0 heterocycles. The van der Waals surface area contributed by atoms with Crippen molar-refractivity contribution in [3.63, 3.8) is 0 Å². The molecule has 1 saturated carbocycles. The van der Waals surface area contributed by atoms with E-state index in [1.807, 2.05) is 0 Å². The van der Waals surface area contributed by atoms with Gasteiger partial charge in [0.2, 0.25) is 0 Å². The van der Waals surface area contributed by atoms with Gasteiger partial charge in [-0.2, -0.15) is 0 Å². The number of carbonyl (C=O) groups excluding carboxylic acids is 4. The fourth-order valence-corrected chi connectivity index (χ4v) is 2.91. The smallest absolute Gasteiger partial charge is 0.323 e. The Kier molecular flexibility index (Phi) is 5.84. The molecule has 0 aromatic heterocycles. The number of hydrogen-bond acceptors (Lipinski definition) is 7. The summed E-state index contributed by atoms with van der Waals surface area (Å²) in [6.07, 6.45) is 0.906. The lowest BCUT2D eigenvalue weighted by molar-refractivity contribution is -0.168. The van der Waals surface area contributed by atoms with Gasteiger partial charge in [0, 0.05) is 13.3 Å². The zero-order chi connectivity index (χ0) is 16.9. The Morgan fingerprint density at radius 3 is 2.14 bits per heavy atom. The van der Waals surface area contributed by atoms with Gasteiger partial charge in [0.05, 0.1) is 14.2 Å². The van der Waals surface area contributed by atoms with Crippen LogP contribution in [0.2, 0.25) is 0 Å². The fourth-order valence-electron chi connectivity index (χ4n) is 2.91. The third-order valence-electron chi connectivity index (χ3n) is 3.86. The van der Waals surface area contributed by atoms with E-state index in [-0.39, 0.29) is 25.2 Å². The summed E-state index contributed by atoms with van der Waals surface area (Å²) >= 11 is 0. The molecule has 7 heteroatoms. The highest BCUT2D eigenvalue weighted by atomic mass is 16.5. The van der Waals surface area contributed by atoms with Crippen molar-refractivity contribution in [2.75, 3.05) is 14.2 Å². The molecule has 0 aliphatic heterocycles. The third kappa shape index (κ3) is 3.35. The van der Waals surface area contributed by atoms with Crippen LogP contribution < -0.4 is 0 Å². The molecule has 1 aliphatic carbocycles. The first kappa shape index (κ1) is 17.9. The van der Waals surface area contributed by atoms with Crippen LogP contribution in [-0.4, -0.2) is 38.4 Å². The van der Waals surface area contributed by atoms with Gasteiger partial charge >= 0.3 is 17.9 Å². The molecule has 0 amide bonds. The number of allylic oxidation sites excluding steroid dienone is 2. The highest BCUT2D eigenvalue weighted by Crippen LogP contribution is 2.49. The minimum absolute atomic E-state index is 0.00394. The summed E-state index contributed by atoms with van der Waals surface area (Å²) in [5.41, 5.74) is -0.924. The van der Waals surface area contributed by atoms with E-state index in [0.29, 0.717) is 17.6 Å². The van der Waals surface area contributed by atoms with Crippen LogP contribution in [-0.2, 0) is 33.4 Å². The molecule has 122 valence electrons. The molecule has 1 rings (SSSR count). The minimum atomic E-state index is -1.51. The average Bonchev–Trinajstić information content (AvgIpc) is 2.86. The van der Waals surface area contributed by atoms with Crippen LogP contribution in [0.3, 0.4) is 0 Å². The van der Waals surface area contributed by atoms with Crippen LogP contribution in [0.1, 0.15) is 33.1 Å². The maximum atomic E-state index is 12.1. The van der Waals surface area contributed by atoms with E-state index in [9.17, 15) is 19.2 Å². The second-order valence-corrected chi connectivity index (χ2v) is 5.22. The highest BCUT2D eigenvalue weighted by molar-refractivity contribution is 6.01. The van der Waals surface area contributed by atoms with Crippen molar-refractivity contribution in [3.05, 3.63) is 11.3 Å². The first-order valence-corrected chi connectivity index (χ1v) is 6.81. The molecular weight excluding hydrogens is 292 g/mol. The molecule has 1 aliphatic rings. The Hall–Kier alpha value is -2.18. The zero-order valence-corrected chi connectivity index (χ0v) is 13.1. The summed E-state index contributed by atoms with van der Waals surface area (Å²) in [4.78, 5) is 46.3. The van der Waals surface area contributed by atoms with Gasteiger partial charge in [-0.15, -0.1) is 0 Å². The van der Waals surface area contributed by atoms with Gasteiger partial charge in [-0.1, -0.05) is 0 Å². The van der Waals surface area contributed by atoms with Crippen molar-refractivity contribution in [1.29, 1.82) is 0 Å². The number of aldehydes is 1. The van der Waals surface area contributed by atoms with Crippen molar-refractivity contribution in [3.8, 4) is 0 Å². The topological polar surface area (TPSA) is 96.0 Å². The van der Waals surface area contributed by atoms with Gasteiger partial charge in [0.25, 0.3) is 0 Å². The highest BCUT2D eigenvalue weighted by Gasteiger charge is 2.56. The Balaban J connectivity index is 3.30. The van der Waals surface area contributed by atoms with Gasteiger partial charge in [-0.05, 0) is 31.3 Å². The monoisotopic (exact) mass is 312 g/mol. The molecule has 22 heavy (non-hydrogen) atoms. The van der Waals surface area contributed by atoms with Crippen LogP contribution in [0.25, 0.3) is 0 Å². The molecule has 0 saturated heterocycles. The quantitative estimate of drug-likeness (QED) is 0.247. The summed E-state index contributed by atoms with van der Waals surface area (Å²) in [6, 6.07) is 0. The maximum Gasteiger partial charge on any atom is 0.323 e. The average molecular weight is 312 g/mol. The largest absolute Gasteiger partial charge is 0.468 e. The Labute approximate surface area is 128 Å². The maximum absolute atomic E-state index is 12.1. The lowest BCUT2D eigenvalue weighted by Crippen LogP contribution is -2.39. The van der Waals surface area contributed by atoms with Crippen LogP contribution >= 0.6 is 0 Å². The molecule has 0 N–H and O–H groups in total. The van der Waals surface area contributed by atoms with E-state index in [1.165, 1.54) is 21.1 Å². The molecule has 0 aromatic carbocycles. The summed E-state index contributed by atoms with van der Waals surface area (Å²) in [5.74, 6) is -2.03. The van der Waals surface area contributed by atoms with E-state index in [1.54, 1.807) is 6.92 Å². The van der Waals surface area contributed by atoms with E-state index in [2.05, 4.69) is 0 Å². The Morgan fingerprint density at radius 2 is 1.73 bits per heavy atom. The van der Waals surface area contributed by atoms with Crippen molar-refractivity contribution in [2.24, 2.45) is 11.3 Å². The number of rotatable bonds is 5. The molecule has 0 radical (unpaired) electrons. The normalized spacial score (nSPS) is 21.7. The number of carbonyl (C=O) groups is 4. The molecule has 0 bridgehead atoms. The molecular formula is C15H20O7. The summed E-state index contributed by atoms with van der Waals surface area (Å²) < 4.78 is 14.5. The summed E-state index contributed by atoms with van der Waals surface area (Å²) in [6.45, 7) is 2.82. The molecule has 1 fully saturated rings. The van der Waals surface area contributed by atoms with Gasteiger partial charge in [0.1, 0.15) is 12.0 Å². The predicted molar refractivity (Wildman–Crippen MR) is 74.3 cm³/mol. The second kappa shape index (κ2) is 7.20. The van der Waals surface area contributed by atoms with E-state index >= 15 is 0 Å². The lowest BCUT2D eigenvalue weighted by atomic mass is 9.85. The molecule has 0 spiro atoms. The van der Waals surface area contributed by atoms with Crippen LogP contribution in [0.5, 0.6) is 0 Å². The van der Waals surface area contributed by atoms with Gasteiger partial charge < -0.3 is 19.0 Å². The lowest BCUT2D eigenvalue weighted by Gasteiger charge is -2.22. The number of methoxy groups -OCH3 is 2. The molecule has 7 nitrogen and oxygen atoms in total.